The van der Waals surface area contributed by atoms with Crippen LogP contribution in [0.4, 0.5) is 0 Å². The third kappa shape index (κ3) is 3.82. The fourth-order valence-electron chi connectivity index (χ4n) is 3.15. The van der Waals surface area contributed by atoms with Crippen molar-refractivity contribution in [2.75, 3.05) is 0 Å². The second-order valence-electron chi connectivity index (χ2n) is 7.01. The Balaban J connectivity index is 2.04. The Kier molecular flexibility index (Phi) is 5.05. The van der Waals surface area contributed by atoms with Crippen LogP contribution >= 0.6 is 11.8 Å². The summed E-state index contributed by atoms with van der Waals surface area (Å²) in [7, 11) is 0. The van der Waals surface area contributed by atoms with E-state index in [9.17, 15) is 4.79 Å². The first-order valence-corrected chi connectivity index (χ1v) is 9.61. The molecule has 0 fully saturated rings. The van der Waals surface area contributed by atoms with Gasteiger partial charge in [-0.25, -0.2) is 4.79 Å². The van der Waals surface area contributed by atoms with Crippen molar-refractivity contribution in [3.63, 3.8) is 0 Å². The van der Waals surface area contributed by atoms with Crippen LogP contribution in [0.5, 0.6) is 0 Å². The summed E-state index contributed by atoms with van der Waals surface area (Å²) in [6.45, 7) is 10.7. The smallest absolute Gasteiger partial charge is 0.336 e. The van der Waals surface area contributed by atoms with Crippen molar-refractivity contribution in [3.8, 4) is 0 Å². The molecule has 0 bridgehead atoms. The Morgan fingerprint density at radius 1 is 1.00 bits per heavy atom. The maximum absolute atomic E-state index is 12.0. The molecule has 0 aliphatic rings. The van der Waals surface area contributed by atoms with E-state index in [1.54, 1.807) is 17.8 Å². The number of fused-ring (bicyclic) bond motifs is 1. The van der Waals surface area contributed by atoms with E-state index in [0.29, 0.717) is 11.5 Å². The van der Waals surface area contributed by atoms with Crippen molar-refractivity contribution in [1.29, 1.82) is 0 Å². The summed E-state index contributed by atoms with van der Waals surface area (Å²) in [4.78, 5) is 13.3. The Morgan fingerprint density at radius 3 is 2.48 bits per heavy atom. The molecule has 1 aromatic heterocycles. The van der Waals surface area contributed by atoms with Gasteiger partial charge in [-0.1, -0.05) is 31.5 Å². The van der Waals surface area contributed by atoms with Crippen LogP contribution in [0.3, 0.4) is 0 Å². The average molecular weight is 352 g/mol. The van der Waals surface area contributed by atoms with Gasteiger partial charge < -0.3 is 4.42 Å². The molecular weight excluding hydrogens is 328 g/mol. The summed E-state index contributed by atoms with van der Waals surface area (Å²) in [5, 5.41) is 1.05. The highest BCUT2D eigenvalue weighted by Gasteiger charge is 2.12. The normalized spacial score (nSPS) is 11.4. The van der Waals surface area contributed by atoms with Gasteiger partial charge in [-0.3, -0.25) is 0 Å². The van der Waals surface area contributed by atoms with Gasteiger partial charge in [-0.2, -0.15) is 0 Å². The van der Waals surface area contributed by atoms with Gasteiger partial charge in [0.15, 0.2) is 0 Å². The van der Waals surface area contributed by atoms with Crippen LogP contribution in [-0.4, -0.2) is 0 Å². The zero-order valence-electron chi connectivity index (χ0n) is 15.5. The highest BCUT2D eigenvalue weighted by molar-refractivity contribution is 7.98. The van der Waals surface area contributed by atoms with Crippen molar-refractivity contribution < 1.29 is 4.42 Å². The van der Waals surface area contributed by atoms with E-state index in [2.05, 4.69) is 58.9 Å². The number of thioether (sulfide) groups is 1. The van der Waals surface area contributed by atoms with Crippen LogP contribution in [0.15, 0.2) is 50.5 Å². The summed E-state index contributed by atoms with van der Waals surface area (Å²) < 4.78 is 5.45. The van der Waals surface area contributed by atoms with E-state index in [-0.39, 0.29) is 5.63 Å². The molecular formula is C22H24O2S. The topological polar surface area (TPSA) is 30.2 Å². The summed E-state index contributed by atoms with van der Waals surface area (Å²) in [5.41, 5.74) is 6.44. The number of benzene rings is 2. The van der Waals surface area contributed by atoms with E-state index in [1.165, 1.54) is 27.1 Å². The van der Waals surface area contributed by atoms with Crippen LogP contribution in [-0.2, 0) is 5.75 Å². The van der Waals surface area contributed by atoms with Gasteiger partial charge in [0, 0.05) is 22.1 Å². The molecule has 0 unspecified atom stereocenters. The molecule has 1 heterocycles. The van der Waals surface area contributed by atoms with E-state index in [0.717, 1.165) is 16.7 Å². The Morgan fingerprint density at radius 2 is 1.76 bits per heavy atom. The first-order chi connectivity index (χ1) is 11.8. The predicted molar refractivity (Wildman–Crippen MR) is 107 cm³/mol. The van der Waals surface area contributed by atoms with Gasteiger partial charge in [0.05, 0.1) is 0 Å². The van der Waals surface area contributed by atoms with Gasteiger partial charge in [0.1, 0.15) is 5.58 Å². The molecule has 0 saturated heterocycles. The second kappa shape index (κ2) is 7.09. The number of rotatable bonds is 4. The maximum Gasteiger partial charge on any atom is 0.336 e. The standard InChI is InChI=1S/C22H24O2S/c1-13(2)18-11-19-17(10-22(23)24-20(19)9-16(18)5)12-25-21-8-14(3)6-7-15(21)4/h6-11,13H,12H2,1-5H3. The molecule has 0 radical (unpaired) electrons. The molecule has 0 aliphatic heterocycles. The van der Waals surface area contributed by atoms with Crippen molar-refractivity contribution in [1.82, 2.24) is 0 Å². The average Bonchev–Trinajstić information content (AvgIpc) is 2.54. The van der Waals surface area contributed by atoms with Gasteiger partial charge in [0.2, 0.25) is 0 Å². The molecule has 2 aromatic carbocycles. The molecule has 25 heavy (non-hydrogen) atoms. The minimum Gasteiger partial charge on any atom is -0.423 e. The lowest BCUT2D eigenvalue weighted by molar-refractivity contribution is 0.559. The highest BCUT2D eigenvalue weighted by Crippen LogP contribution is 2.31. The van der Waals surface area contributed by atoms with Crippen molar-refractivity contribution in [3.05, 3.63) is 74.6 Å². The number of aryl methyl sites for hydroxylation is 3. The molecule has 3 rings (SSSR count). The lowest BCUT2D eigenvalue weighted by atomic mass is 9.95. The Hall–Kier alpha value is -2.00. The van der Waals surface area contributed by atoms with E-state index < -0.39 is 0 Å². The summed E-state index contributed by atoms with van der Waals surface area (Å²) >= 11 is 1.78. The van der Waals surface area contributed by atoms with Crippen molar-refractivity contribution in [2.45, 2.75) is 51.2 Å². The third-order valence-corrected chi connectivity index (χ3v) is 5.77. The zero-order chi connectivity index (χ0) is 18.1. The zero-order valence-corrected chi connectivity index (χ0v) is 16.3. The largest absolute Gasteiger partial charge is 0.423 e. The SMILES string of the molecule is Cc1ccc(C)c(SCc2cc(=O)oc3cc(C)c(C(C)C)cc23)c1. The molecule has 0 aliphatic carbocycles. The molecule has 0 saturated carbocycles. The van der Waals surface area contributed by atoms with Crippen LogP contribution < -0.4 is 5.63 Å². The van der Waals surface area contributed by atoms with Crippen molar-refractivity contribution in [2.24, 2.45) is 0 Å². The van der Waals surface area contributed by atoms with E-state index in [1.807, 2.05) is 6.07 Å². The molecule has 3 heteroatoms. The molecule has 130 valence electrons. The summed E-state index contributed by atoms with van der Waals surface area (Å²) in [6, 6.07) is 12.3. The lowest BCUT2D eigenvalue weighted by Gasteiger charge is -2.13. The molecule has 3 aromatic rings. The van der Waals surface area contributed by atoms with Gasteiger partial charge in [0.25, 0.3) is 0 Å². The first-order valence-electron chi connectivity index (χ1n) is 8.62. The van der Waals surface area contributed by atoms with Crippen molar-refractivity contribution >= 4 is 22.7 Å². The van der Waals surface area contributed by atoms with Crippen LogP contribution in [0.1, 0.15) is 47.6 Å². The molecule has 0 atom stereocenters. The molecule has 0 amide bonds. The van der Waals surface area contributed by atoms with Crippen LogP contribution in [0.25, 0.3) is 11.0 Å². The number of hydrogen-bond acceptors (Lipinski definition) is 3. The maximum atomic E-state index is 12.0. The third-order valence-electron chi connectivity index (χ3n) is 4.57. The minimum absolute atomic E-state index is 0.277. The quantitative estimate of drug-likeness (QED) is 0.418. The van der Waals surface area contributed by atoms with Crippen LogP contribution in [0, 0.1) is 20.8 Å². The van der Waals surface area contributed by atoms with E-state index >= 15 is 0 Å². The fourth-order valence-corrected chi connectivity index (χ4v) is 4.27. The van der Waals surface area contributed by atoms with Crippen LogP contribution in [0.2, 0.25) is 0 Å². The Bertz CT molecular complexity index is 983. The minimum atomic E-state index is -0.277. The van der Waals surface area contributed by atoms with Gasteiger partial charge in [-0.05, 0) is 67.1 Å². The lowest BCUT2D eigenvalue weighted by Crippen LogP contribution is -2.02. The summed E-state index contributed by atoms with van der Waals surface area (Å²) in [5.74, 6) is 1.20. The summed E-state index contributed by atoms with van der Waals surface area (Å²) in [6.07, 6.45) is 0. The predicted octanol–water partition coefficient (Wildman–Crippen LogP) is 6.13. The monoisotopic (exact) mass is 352 g/mol. The van der Waals surface area contributed by atoms with Gasteiger partial charge in [-0.15, -0.1) is 11.8 Å². The number of hydrogen-bond donors (Lipinski definition) is 0. The molecule has 0 spiro atoms. The molecule has 0 N–H and O–H groups in total. The van der Waals surface area contributed by atoms with Gasteiger partial charge >= 0.3 is 5.63 Å². The highest BCUT2D eigenvalue weighted by atomic mass is 32.2. The molecule has 2 nitrogen and oxygen atoms in total. The first kappa shape index (κ1) is 17.8. The second-order valence-corrected chi connectivity index (χ2v) is 8.03. The van der Waals surface area contributed by atoms with E-state index in [4.69, 9.17) is 4.42 Å². The Labute approximate surface area is 153 Å². The fraction of sp³-hybridized carbons (Fsp3) is 0.318.